The van der Waals surface area contributed by atoms with Crippen LogP contribution in [0.4, 0.5) is 0 Å². The van der Waals surface area contributed by atoms with E-state index in [1.165, 1.54) is 11.3 Å². The second-order valence-electron chi connectivity index (χ2n) is 4.53. The molecule has 0 saturated carbocycles. The molecule has 0 aliphatic heterocycles. The van der Waals surface area contributed by atoms with Crippen molar-refractivity contribution < 1.29 is 9.53 Å². The Kier molecular flexibility index (Phi) is 4.87. The molecule has 0 radical (unpaired) electrons. The molecule has 0 fully saturated rings. The smallest absolute Gasteiger partial charge is 0.215 e. The van der Waals surface area contributed by atoms with E-state index in [-0.39, 0.29) is 11.8 Å². The molecule has 2 aromatic rings. The van der Waals surface area contributed by atoms with Crippen molar-refractivity contribution in [2.75, 3.05) is 6.61 Å². The van der Waals surface area contributed by atoms with Crippen molar-refractivity contribution in [2.45, 2.75) is 26.3 Å². The van der Waals surface area contributed by atoms with E-state index in [1.807, 2.05) is 32.0 Å². The topological polar surface area (TPSA) is 65.2 Å². The van der Waals surface area contributed by atoms with Crippen LogP contribution in [0.1, 0.15) is 47.4 Å². The highest BCUT2D eigenvalue weighted by atomic mass is 32.1. The van der Waals surface area contributed by atoms with Gasteiger partial charge in [-0.15, -0.1) is 11.3 Å². The maximum atomic E-state index is 12.5. The van der Waals surface area contributed by atoms with Crippen LogP contribution in [0.25, 0.3) is 0 Å². The van der Waals surface area contributed by atoms with Gasteiger partial charge in [0.25, 0.3) is 0 Å². The fraction of sp³-hybridized carbons (Fsp3) is 0.333. The molecule has 0 bridgehead atoms. The summed E-state index contributed by atoms with van der Waals surface area (Å²) in [5, 5.41) is 2.51. The van der Waals surface area contributed by atoms with Gasteiger partial charge in [-0.1, -0.05) is 19.1 Å². The maximum Gasteiger partial charge on any atom is 0.215 e. The number of ether oxygens (including phenoxy) is 1. The summed E-state index contributed by atoms with van der Waals surface area (Å²) in [6.07, 6.45) is 0.897. The summed E-state index contributed by atoms with van der Waals surface area (Å²) < 4.78 is 5.61. The third-order valence-corrected chi connectivity index (χ3v) is 3.78. The third-order valence-electron chi connectivity index (χ3n) is 2.74. The molecule has 0 saturated heterocycles. The number of ketones is 1. The number of thiazole rings is 1. The summed E-state index contributed by atoms with van der Waals surface area (Å²) >= 11 is 1.41. The Morgan fingerprint density at radius 2 is 2.20 bits per heavy atom. The van der Waals surface area contributed by atoms with Gasteiger partial charge in [0.15, 0.2) is 0 Å². The minimum Gasteiger partial charge on any atom is -0.493 e. The normalized spacial score (nSPS) is 12.2. The Bertz CT molecular complexity index is 593. The summed E-state index contributed by atoms with van der Waals surface area (Å²) in [4.78, 5) is 16.8. The van der Waals surface area contributed by atoms with Crippen molar-refractivity contribution in [3.05, 3.63) is 45.9 Å². The molecule has 4 nitrogen and oxygen atoms in total. The zero-order chi connectivity index (χ0) is 14.5. The number of benzene rings is 1. The van der Waals surface area contributed by atoms with Gasteiger partial charge in [-0.3, -0.25) is 4.79 Å². The Morgan fingerprint density at radius 3 is 2.85 bits per heavy atom. The quantitative estimate of drug-likeness (QED) is 0.830. The third kappa shape index (κ3) is 3.23. The second kappa shape index (κ2) is 6.63. The lowest BCUT2D eigenvalue weighted by molar-refractivity contribution is 0.103. The first-order chi connectivity index (χ1) is 9.63. The van der Waals surface area contributed by atoms with E-state index in [0.29, 0.717) is 23.6 Å². The first kappa shape index (κ1) is 14.7. The Hall–Kier alpha value is -1.72. The molecule has 2 rings (SSSR count). The number of carbonyl (C=O) groups excluding carboxylic acids is 1. The second-order valence-corrected chi connectivity index (χ2v) is 5.42. The van der Waals surface area contributed by atoms with Gasteiger partial charge in [0.05, 0.1) is 18.2 Å². The van der Waals surface area contributed by atoms with Crippen LogP contribution in [-0.2, 0) is 0 Å². The van der Waals surface area contributed by atoms with Crippen LogP contribution in [0.2, 0.25) is 0 Å². The van der Waals surface area contributed by atoms with Crippen molar-refractivity contribution >= 4 is 17.1 Å². The van der Waals surface area contributed by atoms with Crippen LogP contribution in [-0.4, -0.2) is 17.4 Å². The van der Waals surface area contributed by atoms with E-state index in [4.69, 9.17) is 10.5 Å². The molecule has 1 heterocycles. The minimum atomic E-state index is -0.159. The summed E-state index contributed by atoms with van der Waals surface area (Å²) in [5.74, 6) is 0.481. The van der Waals surface area contributed by atoms with Crippen LogP contribution in [0.15, 0.2) is 29.6 Å². The molecule has 20 heavy (non-hydrogen) atoms. The Morgan fingerprint density at radius 1 is 1.45 bits per heavy atom. The molecular weight excluding hydrogens is 272 g/mol. The fourth-order valence-corrected chi connectivity index (χ4v) is 2.49. The molecule has 0 spiro atoms. The number of para-hydroxylation sites is 1. The van der Waals surface area contributed by atoms with Crippen LogP contribution in [0.5, 0.6) is 5.75 Å². The number of rotatable bonds is 6. The zero-order valence-corrected chi connectivity index (χ0v) is 12.4. The molecule has 5 heteroatoms. The van der Waals surface area contributed by atoms with Gasteiger partial charge in [0.2, 0.25) is 5.78 Å². The highest BCUT2D eigenvalue weighted by molar-refractivity contribution is 7.09. The number of hydrogen-bond donors (Lipinski definition) is 1. The van der Waals surface area contributed by atoms with Gasteiger partial charge in [-0.25, -0.2) is 4.98 Å². The van der Waals surface area contributed by atoms with E-state index < -0.39 is 0 Å². The summed E-state index contributed by atoms with van der Waals surface area (Å²) in [6.45, 7) is 4.47. The average molecular weight is 290 g/mol. The predicted octanol–water partition coefficient (Wildman–Crippen LogP) is 3.18. The standard InChI is InChI=1S/C15H18N2O2S/c1-3-8-19-13-7-5-4-6-11(13)14(18)12-9-20-15(17-12)10(2)16/h4-7,9-10H,3,8,16H2,1-2H3. The summed E-state index contributed by atoms with van der Waals surface area (Å²) in [6, 6.07) is 7.09. The van der Waals surface area contributed by atoms with E-state index in [9.17, 15) is 4.79 Å². The molecule has 1 aromatic heterocycles. The lowest BCUT2D eigenvalue weighted by atomic mass is 10.1. The van der Waals surface area contributed by atoms with Crippen molar-refractivity contribution in [3.63, 3.8) is 0 Å². The largest absolute Gasteiger partial charge is 0.493 e. The van der Waals surface area contributed by atoms with E-state index in [0.717, 1.165) is 11.4 Å². The van der Waals surface area contributed by atoms with Gasteiger partial charge < -0.3 is 10.5 Å². The number of nitrogens with two attached hydrogens (primary N) is 1. The van der Waals surface area contributed by atoms with Crippen molar-refractivity contribution in [2.24, 2.45) is 5.73 Å². The number of hydrogen-bond acceptors (Lipinski definition) is 5. The fourth-order valence-electron chi connectivity index (χ4n) is 1.73. The molecule has 0 aliphatic rings. The van der Waals surface area contributed by atoms with Gasteiger partial charge in [0, 0.05) is 5.38 Å². The minimum absolute atomic E-state index is 0.125. The zero-order valence-electron chi connectivity index (χ0n) is 11.6. The number of aromatic nitrogens is 1. The molecule has 0 aliphatic carbocycles. The SMILES string of the molecule is CCCOc1ccccc1C(=O)c1csc(C(C)N)n1. The van der Waals surface area contributed by atoms with E-state index in [1.54, 1.807) is 11.4 Å². The van der Waals surface area contributed by atoms with Crippen LogP contribution >= 0.6 is 11.3 Å². The molecule has 106 valence electrons. The van der Waals surface area contributed by atoms with Crippen LogP contribution in [0.3, 0.4) is 0 Å². The Balaban J connectivity index is 2.27. The van der Waals surface area contributed by atoms with E-state index >= 15 is 0 Å². The monoisotopic (exact) mass is 290 g/mol. The predicted molar refractivity (Wildman–Crippen MR) is 80.4 cm³/mol. The number of nitrogens with zero attached hydrogens (tertiary/aromatic N) is 1. The highest BCUT2D eigenvalue weighted by Crippen LogP contribution is 2.24. The van der Waals surface area contributed by atoms with Gasteiger partial charge in [0.1, 0.15) is 16.5 Å². The molecule has 1 unspecified atom stereocenters. The molecule has 1 atom stereocenters. The first-order valence-corrected chi connectivity index (χ1v) is 7.49. The molecular formula is C15H18N2O2S. The first-order valence-electron chi connectivity index (χ1n) is 6.61. The highest BCUT2D eigenvalue weighted by Gasteiger charge is 2.18. The van der Waals surface area contributed by atoms with Gasteiger partial charge >= 0.3 is 0 Å². The molecule has 1 aromatic carbocycles. The van der Waals surface area contributed by atoms with Crippen molar-refractivity contribution in [3.8, 4) is 5.75 Å². The van der Waals surface area contributed by atoms with E-state index in [2.05, 4.69) is 4.98 Å². The lowest BCUT2D eigenvalue weighted by Crippen LogP contribution is -2.08. The maximum absolute atomic E-state index is 12.5. The van der Waals surface area contributed by atoms with Crippen LogP contribution in [0, 0.1) is 0 Å². The summed E-state index contributed by atoms with van der Waals surface area (Å²) in [5.41, 5.74) is 6.74. The average Bonchev–Trinajstić information content (AvgIpc) is 2.94. The van der Waals surface area contributed by atoms with Crippen molar-refractivity contribution in [1.29, 1.82) is 0 Å². The lowest BCUT2D eigenvalue weighted by Gasteiger charge is -2.08. The van der Waals surface area contributed by atoms with Crippen LogP contribution < -0.4 is 10.5 Å². The van der Waals surface area contributed by atoms with Gasteiger partial charge in [-0.05, 0) is 25.5 Å². The van der Waals surface area contributed by atoms with Crippen molar-refractivity contribution in [1.82, 2.24) is 4.98 Å². The Labute approximate surface area is 122 Å². The molecule has 2 N–H and O–H groups in total. The van der Waals surface area contributed by atoms with Gasteiger partial charge in [-0.2, -0.15) is 0 Å². The molecule has 0 amide bonds. The summed E-state index contributed by atoms with van der Waals surface area (Å²) in [7, 11) is 0. The number of carbonyl (C=O) groups is 1.